The molecule has 2 aromatic heterocycles. The largest absolute Gasteiger partial charge is 0.362 e. The average Bonchev–Trinajstić information content (AvgIpc) is 3.07. The fraction of sp³-hybridized carbons (Fsp3) is 0.500. The molecule has 2 amide bonds. The second-order valence-corrected chi connectivity index (χ2v) is 5.56. The highest BCUT2D eigenvalue weighted by atomic mass is 16.5. The molecule has 0 bridgehead atoms. The number of nitrogens with zero attached hydrogens (tertiary/aromatic N) is 4. The van der Waals surface area contributed by atoms with Gasteiger partial charge in [-0.05, 0) is 19.3 Å². The number of carbonyl (C=O) groups is 1. The molecule has 0 fully saturated rings. The monoisotopic (exact) mass is 289 g/mol. The molecule has 0 saturated heterocycles. The molecule has 1 atom stereocenters. The topological polar surface area (TPSA) is 76.2 Å². The number of aryl methyl sites for hydroxylation is 2. The molecular weight excluding hydrogens is 270 g/mol. The minimum atomic E-state index is -0.163. The highest BCUT2D eigenvalue weighted by Crippen LogP contribution is 2.20. The van der Waals surface area contributed by atoms with Crippen molar-refractivity contribution in [3.8, 4) is 0 Å². The van der Waals surface area contributed by atoms with E-state index in [0.717, 1.165) is 30.8 Å². The Hall–Kier alpha value is -2.31. The predicted molar refractivity (Wildman–Crippen MR) is 76.9 cm³/mol. The van der Waals surface area contributed by atoms with Crippen LogP contribution < -0.4 is 5.32 Å². The van der Waals surface area contributed by atoms with Crippen LogP contribution in [0.1, 0.15) is 17.8 Å². The van der Waals surface area contributed by atoms with Crippen molar-refractivity contribution in [1.29, 1.82) is 0 Å². The Morgan fingerprint density at radius 1 is 1.62 bits per heavy atom. The summed E-state index contributed by atoms with van der Waals surface area (Å²) in [5.41, 5.74) is 0.817. The minimum absolute atomic E-state index is 0.163. The fourth-order valence-electron chi connectivity index (χ4n) is 2.66. The maximum absolute atomic E-state index is 12.1. The van der Waals surface area contributed by atoms with E-state index in [0.29, 0.717) is 18.3 Å². The van der Waals surface area contributed by atoms with Crippen molar-refractivity contribution in [2.75, 3.05) is 18.9 Å². The van der Waals surface area contributed by atoms with Gasteiger partial charge in [-0.1, -0.05) is 5.16 Å². The number of aromatic nitrogens is 3. The van der Waals surface area contributed by atoms with Crippen LogP contribution >= 0.6 is 0 Å². The van der Waals surface area contributed by atoms with Gasteiger partial charge in [-0.2, -0.15) is 0 Å². The van der Waals surface area contributed by atoms with E-state index in [1.54, 1.807) is 11.9 Å². The van der Waals surface area contributed by atoms with Crippen molar-refractivity contribution in [1.82, 2.24) is 19.6 Å². The Labute approximate surface area is 122 Å². The molecule has 2 aromatic rings. The summed E-state index contributed by atoms with van der Waals surface area (Å²) in [5, 5.41) is 6.52. The van der Waals surface area contributed by atoms with E-state index in [2.05, 4.69) is 20.0 Å². The molecule has 0 aromatic carbocycles. The molecular formula is C14H19N5O2. The van der Waals surface area contributed by atoms with Crippen molar-refractivity contribution < 1.29 is 9.32 Å². The van der Waals surface area contributed by atoms with E-state index in [-0.39, 0.29) is 6.03 Å². The highest BCUT2D eigenvalue weighted by Gasteiger charge is 2.22. The average molecular weight is 289 g/mol. The minimum Gasteiger partial charge on any atom is -0.362 e. The summed E-state index contributed by atoms with van der Waals surface area (Å²) in [6.45, 7) is 3.46. The molecule has 0 aliphatic carbocycles. The van der Waals surface area contributed by atoms with Crippen LogP contribution in [0.4, 0.5) is 10.6 Å². The molecule has 1 aliphatic rings. The van der Waals surface area contributed by atoms with Gasteiger partial charge in [0.05, 0.1) is 0 Å². The van der Waals surface area contributed by atoms with Gasteiger partial charge >= 0.3 is 6.03 Å². The molecule has 1 aliphatic heterocycles. The van der Waals surface area contributed by atoms with E-state index in [9.17, 15) is 4.79 Å². The molecule has 1 N–H and O–H groups in total. The molecule has 7 nitrogen and oxygen atoms in total. The number of fused-ring (bicyclic) bond motifs is 1. The number of carbonyl (C=O) groups excluding carboxylic acids is 1. The molecule has 3 heterocycles. The first kappa shape index (κ1) is 13.7. The molecule has 0 saturated carbocycles. The number of rotatable bonds is 3. The summed E-state index contributed by atoms with van der Waals surface area (Å²) in [6, 6.07) is -0.163. The van der Waals surface area contributed by atoms with E-state index < -0.39 is 0 Å². The summed E-state index contributed by atoms with van der Waals surface area (Å²) in [7, 11) is 1.80. The van der Waals surface area contributed by atoms with Gasteiger partial charge in [0.25, 0.3) is 0 Å². The molecule has 3 rings (SSSR count). The van der Waals surface area contributed by atoms with Crippen molar-refractivity contribution in [3.05, 3.63) is 30.0 Å². The quantitative estimate of drug-likeness (QED) is 0.936. The first-order chi connectivity index (χ1) is 10.1. The van der Waals surface area contributed by atoms with Crippen LogP contribution in [-0.4, -0.2) is 39.2 Å². The zero-order valence-corrected chi connectivity index (χ0v) is 12.2. The van der Waals surface area contributed by atoms with E-state index >= 15 is 0 Å². The van der Waals surface area contributed by atoms with Gasteiger partial charge in [-0.25, -0.2) is 9.78 Å². The molecule has 0 unspecified atom stereocenters. The first-order valence-corrected chi connectivity index (χ1v) is 7.06. The van der Waals surface area contributed by atoms with Crippen LogP contribution in [0.15, 0.2) is 23.2 Å². The lowest BCUT2D eigenvalue weighted by Gasteiger charge is -2.28. The maximum Gasteiger partial charge on any atom is 0.322 e. The molecule has 112 valence electrons. The van der Waals surface area contributed by atoms with Gasteiger partial charge in [0.1, 0.15) is 12.1 Å². The third-order valence-corrected chi connectivity index (χ3v) is 3.88. The lowest BCUT2D eigenvalue weighted by atomic mass is 9.99. The van der Waals surface area contributed by atoms with E-state index in [1.165, 1.54) is 6.26 Å². The van der Waals surface area contributed by atoms with Crippen molar-refractivity contribution in [3.63, 3.8) is 0 Å². The summed E-state index contributed by atoms with van der Waals surface area (Å²) in [6.07, 6.45) is 7.37. The Bertz CT molecular complexity index is 633. The van der Waals surface area contributed by atoms with Crippen LogP contribution in [0.2, 0.25) is 0 Å². The second kappa shape index (κ2) is 5.59. The Morgan fingerprint density at radius 3 is 3.24 bits per heavy atom. The fourth-order valence-corrected chi connectivity index (χ4v) is 2.66. The van der Waals surface area contributed by atoms with Gasteiger partial charge in [0.2, 0.25) is 0 Å². The standard InChI is InChI=1S/C14H19N5O2/c1-10-9-21-17-13(10)16-14(20)18(2)7-11-3-4-12-15-5-6-19(12)8-11/h5-6,9,11H,3-4,7-8H2,1-2H3,(H,16,17,20)/t11-/m0/s1. The number of anilines is 1. The van der Waals surface area contributed by atoms with Gasteiger partial charge in [0, 0.05) is 44.5 Å². The van der Waals surface area contributed by atoms with E-state index in [1.807, 2.05) is 19.3 Å². The Morgan fingerprint density at radius 2 is 2.48 bits per heavy atom. The van der Waals surface area contributed by atoms with Gasteiger partial charge in [-0.15, -0.1) is 0 Å². The summed E-state index contributed by atoms with van der Waals surface area (Å²) >= 11 is 0. The number of hydrogen-bond donors (Lipinski definition) is 1. The van der Waals surface area contributed by atoms with Crippen LogP contribution in [-0.2, 0) is 13.0 Å². The molecule has 0 spiro atoms. The van der Waals surface area contributed by atoms with Crippen molar-refractivity contribution in [2.45, 2.75) is 26.3 Å². The predicted octanol–water partition coefficient (Wildman–Crippen LogP) is 1.91. The number of hydrogen-bond acceptors (Lipinski definition) is 4. The zero-order valence-electron chi connectivity index (χ0n) is 12.2. The van der Waals surface area contributed by atoms with Gasteiger partial charge < -0.3 is 14.0 Å². The third-order valence-electron chi connectivity index (χ3n) is 3.88. The molecule has 21 heavy (non-hydrogen) atoms. The maximum atomic E-state index is 12.1. The van der Waals surface area contributed by atoms with Gasteiger partial charge in [-0.3, -0.25) is 5.32 Å². The second-order valence-electron chi connectivity index (χ2n) is 5.56. The van der Waals surface area contributed by atoms with Crippen LogP contribution in [0.3, 0.4) is 0 Å². The number of nitrogens with one attached hydrogen (secondary N) is 1. The number of amides is 2. The molecule has 7 heteroatoms. The SMILES string of the molecule is Cc1conc1NC(=O)N(C)C[C@@H]1CCc2nccn2C1. The highest BCUT2D eigenvalue weighted by molar-refractivity contribution is 5.88. The smallest absolute Gasteiger partial charge is 0.322 e. The van der Waals surface area contributed by atoms with Crippen LogP contribution in [0.25, 0.3) is 0 Å². The van der Waals surface area contributed by atoms with Crippen molar-refractivity contribution >= 4 is 11.8 Å². The molecule has 0 radical (unpaired) electrons. The van der Waals surface area contributed by atoms with E-state index in [4.69, 9.17) is 4.52 Å². The van der Waals surface area contributed by atoms with Crippen LogP contribution in [0, 0.1) is 12.8 Å². The number of urea groups is 1. The lowest BCUT2D eigenvalue weighted by Crippen LogP contribution is -2.38. The Balaban J connectivity index is 1.56. The van der Waals surface area contributed by atoms with Crippen LogP contribution in [0.5, 0.6) is 0 Å². The lowest BCUT2D eigenvalue weighted by molar-refractivity contribution is 0.205. The number of imidazole rings is 1. The zero-order chi connectivity index (χ0) is 14.8. The first-order valence-electron chi connectivity index (χ1n) is 7.06. The normalized spacial score (nSPS) is 17.3. The van der Waals surface area contributed by atoms with Crippen molar-refractivity contribution in [2.24, 2.45) is 5.92 Å². The van der Waals surface area contributed by atoms with Gasteiger partial charge in [0.15, 0.2) is 5.82 Å². The Kier molecular flexibility index (Phi) is 3.64. The summed E-state index contributed by atoms with van der Waals surface area (Å²) in [5.74, 6) is 2.06. The summed E-state index contributed by atoms with van der Waals surface area (Å²) in [4.78, 5) is 18.2. The third kappa shape index (κ3) is 2.91. The summed E-state index contributed by atoms with van der Waals surface area (Å²) < 4.78 is 6.98.